The highest BCUT2D eigenvalue weighted by atomic mass is 35.5. The van der Waals surface area contributed by atoms with Crippen LogP contribution in [-0.4, -0.2) is 25.9 Å². The second kappa shape index (κ2) is 7.96. The Kier molecular flexibility index (Phi) is 5.98. The number of methoxy groups -OCH3 is 2. The molecule has 0 atom stereocenters. The van der Waals surface area contributed by atoms with E-state index in [2.05, 4.69) is 5.32 Å². The van der Waals surface area contributed by atoms with E-state index in [1.165, 1.54) is 11.8 Å². The molecule has 0 aliphatic rings. The first-order valence-electron chi connectivity index (χ1n) is 6.53. The summed E-state index contributed by atoms with van der Waals surface area (Å²) in [6, 6.07) is 12.7. The summed E-state index contributed by atoms with van der Waals surface area (Å²) in [5.74, 6) is 1.35. The van der Waals surface area contributed by atoms with Crippen LogP contribution in [0.5, 0.6) is 11.5 Å². The van der Waals surface area contributed by atoms with Gasteiger partial charge in [0.1, 0.15) is 0 Å². The predicted octanol–water partition coefficient (Wildman–Crippen LogP) is 4.09. The van der Waals surface area contributed by atoms with Gasteiger partial charge in [-0.2, -0.15) is 0 Å². The molecule has 0 saturated heterocycles. The van der Waals surface area contributed by atoms with Crippen LogP contribution in [0, 0.1) is 0 Å². The molecule has 2 rings (SSSR count). The van der Waals surface area contributed by atoms with Crippen molar-refractivity contribution in [3.05, 3.63) is 47.5 Å². The van der Waals surface area contributed by atoms with Crippen LogP contribution in [0.3, 0.4) is 0 Å². The molecule has 4 nitrogen and oxygen atoms in total. The van der Waals surface area contributed by atoms with Crippen molar-refractivity contribution in [2.24, 2.45) is 0 Å². The van der Waals surface area contributed by atoms with Crippen LogP contribution in [0.1, 0.15) is 0 Å². The Balaban J connectivity index is 1.96. The maximum Gasteiger partial charge on any atom is 0.234 e. The number of hydrogen-bond acceptors (Lipinski definition) is 4. The minimum absolute atomic E-state index is 0.114. The molecule has 1 N–H and O–H groups in total. The van der Waals surface area contributed by atoms with Crippen LogP contribution in [-0.2, 0) is 4.79 Å². The zero-order valence-corrected chi connectivity index (χ0v) is 13.8. The van der Waals surface area contributed by atoms with Crippen molar-refractivity contribution in [2.75, 3.05) is 25.3 Å². The maximum absolute atomic E-state index is 12.0. The van der Waals surface area contributed by atoms with Gasteiger partial charge in [0.25, 0.3) is 0 Å². The average Bonchev–Trinajstić information content (AvgIpc) is 2.54. The van der Waals surface area contributed by atoms with E-state index in [0.29, 0.717) is 22.2 Å². The molecule has 0 radical (unpaired) electrons. The molecule has 0 aliphatic carbocycles. The Morgan fingerprint density at radius 2 is 1.86 bits per heavy atom. The number of thioether (sulfide) groups is 1. The fourth-order valence-corrected chi connectivity index (χ4v) is 2.86. The summed E-state index contributed by atoms with van der Waals surface area (Å²) >= 11 is 7.45. The van der Waals surface area contributed by atoms with Gasteiger partial charge in [-0.3, -0.25) is 4.79 Å². The monoisotopic (exact) mass is 337 g/mol. The second-order valence-corrected chi connectivity index (χ2v) is 5.76. The van der Waals surface area contributed by atoms with Gasteiger partial charge in [0.15, 0.2) is 11.5 Å². The molecule has 0 fully saturated rings. The third kappa shape index (κ3) is 4.32. The highest BCUT2D eigenvalue weighted by Crippen LogP contribution is 2.30. The van der Waals surface area contributed by atoms with E-state index in [1.54, 1.807) is 38.5 Å². The quantitative estimate of drug-likeness (QED) is 0.806. The molecule has 0 saturated carbocycles. The number of hydrogen-bond donors (Lipinski definition) is 1. The molecular formula is C16H16ClNO3S. The van der Waals surface area contributed by atoms with Crippen LogP contribution in [0.25, 0.3) is 0 Å². The lowest BCUT2D eigenvalue weighted by Crippen LogP contribution is -2.14. The lowest BCUT2D eigenvalue weighted by molar-refractivity contribution is -0.113. The highest BCUT2D eigenvalue weighted by molar-refractivity contribution is 8.00. The number of carbonyl (C=O) groups is 1. The first-order chi connectivity index (χ1) is 10.6. The van der Waals surface area contributed by atoms with E-state index in [0.717, 1.165) is 4.90 Å². The fraction of sp³-hybridized carbons (Fsp3) is 0.188. The second-order valence-electron chi connectivity index (χ2n) is 4.34. The summed E-state index contributed by atoms with van der Waals surface area (Å²) in [5, 5.41) is 3.46. The van der Waals surface area contributed by atoms with Gasteiger partial charge in [-0.1, -0.05) is 23.7 Å². The van der Waals surface area contributed by atoms with Crippen LogP contribution in [0.15, 0.2) is 47.4 Å². The number of carbonyl (C=O) groups excluding carboxylic acids is 1. The van der Waals surface area contributed by atoms with E-state index < -0.39 is 0 Å². The summed E-state index contributed by atoms with van der Waals surface area (Å²) in [5.41, 5.74) is 0.655. The molecule has 0 unspecified atom stereocenters. The normalized spacial score (nSPS) is 10.1. The van der Waals surface area contributed by atoms with Crippen LogP contribution in [0.2, 0.25) is 5.02 Å². The smallest absolute Gasteiger partial charge is 0.234 e. The van der Waals surface area contributed by atoms with E-state index in [1.807, 2.05) is 18.2 Å². The Morgan fingerprint density at radius 1 is 1.14 bits per heavy atom. The van der Waals surface area contributed by atoms with Crippen molar-refractivity contribution in [2.45, 2.75) is 4.90 Å². The lowest BCUT2D eigenvalue weighted by atomic mass is 10.2. The SMILES string of the molecule is COc1ccc(NC(=O)CSc2ccccc2Cl)cc1OC. The summed E-state index contributed by atoms with van der Waals surface area (Å²) in [6.45, 7) is 0. The molecule has 0 aromatic heterocycles. The molecule has 116 valence electrons. The third-order valence-corrected chi connectivity index (χ3v) is 4.38. The van der Waals surface area contributed by atoms with Gasteiger partial charge >= 0.3 is 0 Å². The molecule has 2 aromatic rings. The number of amides is 1. The minimum atomic E-state index is -0.114. The Labute approximate surface area is 138 Å². The maximum atomic E-state index is 12.0. The third-order valence-electron chi connectivity index (χ3n) is 2.86. The largest absolute Gasteiger partial charge is 0.493 e. The van der Waals surface area contributed by atoms with Gasteiger partial charge < -0.3 is 14.8 Å². The molecule has 0 bridgehead atoms. The van der Waals surface area contributed by atoms with Crippen LogP contribution >= 0.6 is 23.4 Å². The van der Waals surface area contributed by atoms with Crippen molar-refractivity contribution < 1.29 is 14.3 Å². The summed E-state index contributed by atoms with van der Waals surface area (Å²) in [4.78, 5) is 12.9. The molecule has 1 amide bonds. The highest BCUT2D eigenvalue weighted by Gasteiger charge is 2.09. The molecule has 0 aliphatic heterocycles. The van der Waals surface area contributed by atoms with E-state index in [9.17, 15) is 4.79 Å². The Hall–Kier alpha value is -1.85. The van der Waals surface area contributed by atoms with Crippen molar-refractivity contribution in [1.82, 2.24) is 0 Å². The van der Waals surface area contributed by atoms with Crippen molar-refractivity contribution in [1.29, 1.82) is 0 Å². The molecule has 2 aromatic carbocycles. The fourth-order valence-electron chi connectivity index (χ4n) is 1.82. The van der Waals surface area contributed by atoms with Gasteiger partial charge in [-0.15, -0.1) is 11.8 Å². The van der Waals surface area contributed by atoms with Crippen molar-refractivity contribution >= 4 is 35.0 Å². The van der Waals surface area contributed by atoms with Crippen molar-refractivity contribution in [3.8, 4) is 11.5 Å². The number of benzene rings is 2. The molecule has 6 heteroatoms. The number of rotatable bonds is 6. The standard InChI is InChI=1S/C16H16ClNO3S/c1-20-13-8-7-11(9-14(13)21-2)18-16(19)10-22-15-6-4-3-5-12(15)17/h3-9H,10H2,1-2H3,(H,18,19). The van der Waals surface area contributed by atoms with Crippen molar-refractivity contribution in [3.63, 3.8) is 0 Å². The first-order valence-corrected chi connectivity index (χ1v) is 7.89. The van der Waals surface area contributed by atoms with Crippen LogP contribution in [0.4, 0.5) is 5.69 Å². The van der Waals surface area contributed by atoms with E-state index >= 15 is 0 Å². The molecule has 22 heavy (non-hydrogen) atoms. The summed E-state index contributed by atoms with van der Waals surface area (Å²) < 4.78 is 10.4. The van der Waals surface area contributed by atoms with Gasteiger partial charge in [-0.05, 0) is 24.3 Å². The first kappa shape index (κ1) is 16.5. The predicted molar refractivity (Wildman–Crippen MR) is 90.4 cm³/mol. The van der Waals surface area contributed by atoms with Gasteiger partial charge in [-0.25, -0.2) is 0 Å². The van der Waals surface area contributed by atoms with E-state index in [4.69, 9.17) is 21.1 Å². The number of anilines is 1. The number of ether oxygens (including phenoxy) is 2. The Bertz CT molecular complexity index is 664. The van der Waals surface area contributed by atoms with Crippen LogP contribution < -0.4 is 14.8 Å². The average molecular weight is 338 g/mol. The summed E-state index contributed by atoms with van der Waals surface area (Å²) in [6.07, 6.45) is 0. The number of halogens is 1. The zero-order chi connectivity index (χ0) is 15.9. The van der Waals surface area contributed by atoms with Gasteiger partial charge in [0, 0.05) is 16.6 Å². The van der Waals surface area contributed by atoms with E-state index in [-0.39, 0.29) is 11.7 Å². The molecular weight excluding hydrogens is 322 g/mol. The molecule has 0 spiro atoms. The zero-order valence-electron chi connectivity index (χ0n) is 12.3. The molecule has 0 heterocycles. The number of nitrogens with one attached hydrogen (secondary N) is 1. The van der Waals surface area contributed by atoms with Gasteiger partial charge in [0.05, 0.1) is 25.0 Å². The minimum Gasteiger partial charge on any atom is -0.493 e. The Morgan fingerprint density at radius 3 is 2.55 bits per heavy atom. The topological polar surface area (TPSA) is 47.6 Å². The lowest BCUT2D eigenvalue weighted by Gasteiger charge is -2.10. The summed E-state index contributed by atoms with van der Waals surface area (Å²) in [7, 11) is 3.12. The van der Waals surface area contributed by atoms with Gasteiger partial charge in [0.2, 0.25) is 5.91 Å².